The second-order valence-corrected chi connectivity index (χ2v) is 8.85. The predicted octanol–water partition coefficient (Wildman–Crippen LogP) is 4.99. The maximum absolute atomic E-state index is 13.5. The van der Waals surface area contributed by atoms with E-state index in [0.717, 1.165) is 11.1 Å². The third kappa shape index (κ3) is 3.11. The number of rotatable bonds is 3. The molecule has 0 bridgehead atoms. The zero-order valence-electron chi connectivity index (χ0n) is 17.7. The minimum absolute atomic E-state index is 0.151. The molecule has 1 unspecified atom stereocenters. The van der Waals surface area contributed by atoms with Gasteiger partial charge in [0.2, 0.25) is 0 Å². The summed E-state index contributed by atoms with van der Waals surface area (Å²) in [7, 11) is 0. The number of halogens is 2. The molecule has 0 radical (unpaired) electrons. The second-order valence-electron chi connectivity index (χ2n) is 8.06. The second kappa shape index (κ2) is 7.60. The number of furan rings is 1. The van der Waals surface area contributed by atoms with Gasteiger partial charge in [-0.1, -0.05) is 28.4 Å². The summed E-state index contributed by atoms with van der Waals surface area (Å²) in [5.74, 6) is -0.133. The van der Waals surface area contributed by atoms with Crippen molar-refractivity contribution >= 4 is 40.7 Å². The quantitative estimate of drug-likeness (QED) is 0.536. The van der Waals surface area contributed by atoms with E-state index in [1.807, 2.05) is 6.92 Å². The zero-order chi connectivity index (χ0) is 22.7. The lowest BCUT2D eigenvalue weighted by molar-refractivity contribution is -0.120. The molecule has 0 aliphatic carbocycles. The fraction of sp³-hybridized carbons (Fsp3) is 0.304. The van der Waals surface area contributed by atoms with Gasteiger partial charge in [0, 0.05) is 34.8 Å². The van der Waals surface area contributed by atoms with Crippen molar-refractivity contribution in [2.24, 2.45) is 4.99 Å². The van der Waals surface area contributed by atoms with Crippen LogP contribution in [0, 0.1) is 13.8 Å². The monoisotopic (exact) mass is 471 g/mol. The molecule has 3 aromatic rings. The van der Waals surface area contributed by atoms with E-state index in [9.17, 15) is 9.59 Å². The van der Waals surface area contributed by atoms with Gasteiger partial charge in [-0.25, -0.2) is 4.99 Å². The highest BCUT2D eigenvalue weighted by molar-refractivity contribution is 6.39. The van der Waals surface area contributed by atoms with Crippen molar-refractivity contribution in [1.29, 1.82) is 0 Å². The molecule has 2 aromatic heterocycles. The Morgan fingerprint density at radius 3 is 2.66 bits per heavy atom. The number of aryl methyl sites for hydroxylation is 2. The number of hydrogen-bond donors (Lipinski definition) is 0. The lowest BCUT2D eigenvalue weighted by Gasteiger charge is -2.32. The normalized spacial score (nSPS) is 18.0. The average molecular weight is 472 g/mol. The van der Waals surface area contributed by atoms with Crippen molar-refractivity contribution in [2.45, 2.75) is 33.1 Å². The van der Waals surface area contributed by atoms with Gasteiger partial charge in [0.15, 0.2) is 0 Å². The predicted molar refractivity (Wildman–Crippen MR) is 120 cm³/mol. The molecule has 1 aromatic carbocycles. The summed E-state index contributed by atoms with van der Waals surface area (Å²) in [6, 6.07) is 3.54. The molecule has 4 heterocycles. The van der Waals surface area contributed by atoms with Gasteiger partial charge < -0.3 is 13.8 Å². The molecule has 5 rings (SSSR count). The number of nitrogens with zero attached hydrogens (tertiary/aromatic N) is 3. The fourth-order valence-electron chi connectivity index (χ4n) is 4.55. The number of amides is 2. The van der Waals surface area contributed by atoms with Crippen molar-refractivity contribution in [3.8, 4) is 11.1 Å². The van der Waals surface area contributed by atoms with Gasteiger partial charge in [0.05, 0.1) is 28.3 Å². The molecule has 0 saturated carbocycles. The molecular weight excluding hydrogens is 453 g/mol. The Balaban J connectivity index is 1.54. The molecular formula is C23H19Cl2N3O4. The molecule has 0 spiro atoms. The van der Waals surface area contributed by atoms with Crippen LogP contribution in [0.4, 0.5) is 0 Å². The van der Waals surface area contributed by atoms with Gasteiger partial charge in [0.1, 0.15) is 17.4 Å². The Morgan fingerprint density at radius 1 is 1.16 bits per heavy atom. The minimum atomic E-state index is -0.658. The molecule has 2 aliphatic rings. The van der Waals surface area contributed by atoms with E-state index in [2.05, 4.69) is 10.1 Å². The van der Waals surface area contributed by atoms with Crippen molar-refractivity contribution in [3.05, 3.63) is 62.3 Å². The first kappa shape index (κ1) is 21.0. The van der Waals surface area contributed by atoms with Crippen LogP contribution in [0.2, 0.25) is 10.0 Å². The van der Waals surface area contributed by atoms with E-state index >= 15 is 0 Å². The minimum Gasteiger partial charge on any atom is -0.468 e. The Kier molecular flexibility index (Phi) is 4.98. The van der Waals surface area contributed by atoms with Crippen LogP contribution in [0.25, 0.3) is 11.1 Å². The molecule has 2 amide bonds. The molecule has 1 atom stereocenters. The number of aromatic nitrogens is 1. The van der Waals surface area contributed by atoms with Crippen LogP contribution in [-0.4, -0.2) is 40.7 Å². The molecule has 164 valence electrons. The molecule has 0 N–H and O–H groups in total. The third-order valence-corrected chi connectivity index (χ3v) is 6.86. The summed E-state index contributed by atoms with van der Waals surface area (Å²) in [4.78, 5) is 31.9. The highest BCUT2D eigenvalue weighted by Gasteiger charge is 2.37. The number of hydrogen-bond acceptors (Lipinski definition) is 5. The van der Waals surface area contributed by atoms with Crippen molar-refractivity contribution in [3.63, 3.8) is 0 Å². The van der Waals surface area contributed by atoms with E-state index < -0.39 is 5.92 Å². The van der Waals surface area contributed by atoms with Crippen molar-refractivity contribution in [1.82, 2.24) is 10.1 Å². The molecule has 32 heavy (non-hydrogen) atoms. The van der Waals surface area contributed by atoms with Gasteiger partial charge in [0.25, 0.3) is 11.8 Å². The van der Waals surface area contributed by atoms with Crippen molar-refractivity contribution in [2.75, 3.05) is 13.1 Å². The molecule has 0 fully saturated rings. The van der Waals surface area contributed by atoms with Crippen LogP contribution in [-0.2, 0) is 11.2 Å². The standard InChI is InChI=1S/C23H19Cl2N3O4/c1-10-13-5-7-31-21(13)16(22(29)26-10)9-28-6-4-14-17(24)8-15(20(25)19(14)23(28)30)18-11(2)27-32-12(18)3/h5,7-8,16H,4,6,9H2,1-3H3. The number of benzene rings is 1. The average Bonchev–Trinajstić information content (AvgIpc) is 3.36. The Hall–Kier alpha value is -2.90. The summed E-state index contributed by atoms with van der Waals surface area (Å²) < 4.78 is 10.9. The van der Waals surface area contributed by atoms with E-state index in [1.54, 1.807) is 30.9 Å². The molecule has 9 heteroatoms. The third-order valence-electron chi connectivity index (χ3n) is 6.13. The van der Waals surface area contributed by atoms with E-state index in [-0.39, 0.29) is 18.4 Å². The molecule has 0 saturated heterocycles. The largest absolute Gasteiger partial charge is 0.468 e. The van der Waals surface area contributed by atoms with Crippen LogP contribution < -0.4 is 0 Å². The van der Waals surface area contributed by atoms with E-state index in [1.165, 1.54) is 6.26 Å². The topological polar surface area (TPSA) is 88.9 Å². The highest BCUT2D eigenvalue weighted by Crippen LogP contribution is 2.42. The lowest BCUT2D eigenvalue weighted by atomic mass is 9.91. The lowest BCUT2D eigenvalue weighted by Crippen LogP contribution is -2.42. The maximum atomic E-state index is 13.5. The van der Waals surface area contributed by atoms with Gasteiger partial charge in [-0.3, -0.25) is 9.59 Å². The molecule has 7 nitrogen and oxygen atoms in total. The number of carbonyl (C=O) groups excluding carboxylic acids is 2. The molecule has 2 aliphatic heterocycles. The van der Waals surface area contributed by atoms with Gasteiger partial charge in [-0.15, -0.1) is 0 Å². The highest BCUT2D eigenvalue weighted by atomic mass is 35.5. The summed E-state index contributed by atoms with van der Waals surface area (Å²) >= 11 is 13.3. The Bertz CT molecular complexity index is 1300. The zero-order valence-corrected chi connectivity index (χ0v) is 19.2. The first-order chi connectivity index (χ1) is 15.3. The van der Waals surface area contributed by atoms with Gasteiger partial charge in [-0.05, 0) is 44.9 Å². The van der Waals surface area contributed by atoms with Crippen LogP contribution in [0.5, 0.6) is 0 Å². The number of fused-ring (bicyclic) bond motifs is 2. The van der Waals surface area contributed by atoms with Gasteiger partial charge >= 0.3 is 0 Å². The van der Waals surface area contributed by atoms with Gasteiger partial charge in [-0.2, -0.15) is 0 Å². The Morgan fingerprint density at radius 2 is 1.94 bits per heavy atom. The van der Waals surface area contributed by atoms with E-state index in [4.69, 9.17) is 32.1 Å². The summed E-state index contributed by atoms with van der Waals surface area (Å²) in [5.41, 5.74) is 4.44. The van der Waals surface area contributed by atoms with Crippen LogP contribution in [0.1, 0.15) is 51.5 Å². The van der Waals surface area contributed by atoms with Crippen LogP contribution in [0.3, 0.4) is 0 Å². The maximum Gasteiger partial charge on any atom is 0.258 e. The van der Waals surface area contributed by atoms with E-state index in [0.29, 0.717) is 62.6 Å². The first-order valence-electron chi connectivity index (χ1n) is 10.2. The van der Waals surface area contributed by atoms with Crippen LogP contribution >= 0.6 is 23.2 Å². The smallest absolute Gasteiger partial charge is 0.258 e. The summed E-state index contributed by atoms with van der Waals surface area (Å²) in [5, 5.41) is 4.75. The number of aliphatic imine (C=N–C) groups is 1. The number of carbonyl (C=O) groups is 2. The summed E-state index contributed by atoms with van der Waals surface area (Å²) in [6.45, 7) is 5.92. The summed E-state index contributed by atoms with van der Waals surface area (Å²) in [6.07, 6.45) is 2.06. The van der Waals surface area contributed by atoms with Crippen LogP contribution in [0.15, 0.2) is 32.3 Å². The fourth-order valence-corrected chi connectivity index (χ4v) is 5.19. The Labute approximate surface area is 194 Å². The SMILES string of the molecule is CC1=NC(=O)C(CN2CCc3c(Cl)cc(-c4c(C)noc4C)c(Cl)c3C2=O)c2occc21. The first-order valence-corrected chi connectivity index (χ1v) is 10.9. The van der Waals surface area contributed by atoms with Crippen molar-refractivity contribution < 1.29 is 18.5 Å².